The summed E-state index contributed by atoms with van der Waals surface area (Å²) in [4.78, 5) is 14.5. The van der Waals surface area contributed by atoms with Crippen molar-refractivity contribution in [3.05, 3.63) is 29.8 Å². The molecule has 3 atom stereocenters. The monoisotopic (exact) mass is 287 g/mol. The van der Waals surface area contributed by atoms with Crippen molar-refractivity contribution in [3.8, 4) is 5.75 Å². The third-order valence-electron chi connectivity index (χ3n) is 5.26. The normalized spacial score (nSPS) is 27.3. The van der Waals surface area contributed by atoms with Crippen molar-refractivity contribution in [3.63, 3.8) is 0 Å². The van der Waals surface area contributed by atoms with Crippen molar-refractivity contribution in [2.45, 2.75) is 25.7 Å². The molecule has 114 valence electrons. The van der Waals surface area contributed by atoms with E-state index in [1.165, 1.54) is 25.7 Å². The molecule has 0 N–H and O–H groups in total. The zero-order valence-corrected chi connectivity index (χ0v) is 13.0. The number of hydrogen-bond donors (Lipinski definition) is 0. The summed E-state index contributed by atoms with van der Waals surface area (Å²) in [6.45, 7) is 1.59. The molecular weight excluding hydrogens is 262 g/mol. The van der Waals surface area contributed by atoms with Crippen molar-refractivity contribution in [2.24, 2.45) is 17.8 Å². The number of Topliss-reactive ketones (excluding diaryl/α,β-unsaturated/α-hetero) is 1. The Morgan fingerprint density at radius 1 is 1.24 bits per heavy atom. The molecule has 0 amide bonds. The lowest BCUT2D eigenvalue weighted by Crippen LogP contribution is -2.32. The second-order valence-electron chi connectivity index (χ2n) is 6.78. The number of hydrogen-bond acceptors (Lipinski definition) is 3. The highest BCUT2D eigenvalue weighted by Crippen LogP contribution is 2.48. The van der Waals surface area contributed by atoms with Gasteiger partial charge in [0.05, 0.1) is 13.7 Å². The molecular formula is C18H25NO2. The molecule has 0 aliphatic heterocycles. The molecule has 3 rings (SSSR count). The van der Waals surface area contributed by atoms with E-state index in [2.05, 4.69) is 11.9 Å². The number of rotatable bonds is 6. The molecule has 2 aliphatic rings. The first-order valence-electron chi connectivity index (χ1n) is 8.01. The van der Waals surface area contributed by atoms with E-state index < -0.39 is 0 Å². The van der Waals surface area contributed by atoms with Gasteiger partial charge in [-0.1, -0.05) is 6.42 Å². The van der Waals surface area contributed by atoms with E-state index in [0.29, 0.717) is 6.54 Å². The van der Waals surface area contributed by atoms with E-state index in [1.807, 2.05) is 24.3 Å². The molecule has 0 heterocycles. The topological polar surface area (TPSA) is 29.5 Å². The Bertz CT molecular complexity index is 496. The van der Waals surface area contributed by atoms with Crippen LogP contribution in [0.25, 0.3) is 0 Å². The molecule has 3 unspecified atom stereocenters. The molecule has 2 fully saturated rings. The van der Waals surface area contributed by atoms with E-state index in [0.717, 1.165) is 35.6 Å². The van der Waals surface area contributed by atoms with Gasteiger partial charge in [-0.25, -0.2) is 0 Å². The maximum absolute atomic E-state index is 12.3. The fourth-order valence-electron chi connectivity index (χ4n) is 4.18. The van der Waals surface area contributed by atoms with Gasteiger partial charge in [0.15, 0.2) is 5.78 Å². The lowest BCUT2D eigenvalue weighted by Gasteiger charge is -2.26. The van der Waals surface area contributed by atoms with E-state index in [1.54, 1.807) is 7.11 Å². The summed E-state index contributed by atoms with van der Waals surface area (Å²) in [6.07, 6.45) is 5.67. The summed E-state index contributed by atoms with van der Waals surface area (Å²) in [5.74, 6) is 3.71. The minimum atomic E-state index is 0.198. The third kappa shape index (κ3) is 3.29. The van der Waals surface area contributed by atoms with Crippen LogP contribution in [0.3, 0.4) is 0 Å². The van der Waals surface area contributed by atoms with Crippen LogP contribution in [-0.2, 0) is 0 Å². The average Bonchev–Trinajstić information content (AvgIpc) is 3.09. The fourth-order valence-corrected chi connectivity index (χ4v) is 4.18. The van der Waals surface area contributed by atoms with Gasteiger partial charge in [-0.2, -0.15) is 0 Å². The number of likely N-dealkylation sites (N-methyl/N-ethyl adjacent to an activating group) is 1. The third-order valence-corrected chi connectivity index (χ3v) is 5.26. The van der Waals surface area contributed by atoms with E-state index >= 15 is 0 Å². The first-order chi connectivity index (χ1) is 10.2. The zero-order valence-electron chi connectivity index (χ0n) is 13.0. The molecule has 2 bridgehead atoms. The van der Waals surface area contributed by atoms with Gasteiger partial charge in [0.1, 0.15) is 5.75 Å². The van der Waals surface area contributed by atoms with Gasteiger partial charge < -0.3 is 4.74 Å². The number of ketones is 1. The Kier molecular flexibility index (Phi) is 4.29. The Hall–Kier alpha value is -1.35. The Labute approximate surface area is 127 Å². The molecule has 0 spiro atoms. The maximum Gasteiger partial charge on any atom is 0.176 e. The SMILES string of the molecule is COc1ccc(C(=O)CN(C)CC2CC3CCC2C3)cc1. The minimum absolute atomic E-state index is 0.198. The summed E-state index contributed by atoms with van der Waals surface area (Å²) in [7, 11) is 3.72. The van der Waals surface area contributed by atoms with Crippen molar-refractivity contribution >= 4 is 5.78 Å². The van der Waals surface area contributed by atoms with E-state index in [4.69, 9.17) is 4.74 Å². The smallest absolute Gasteiger partial charge is 0.176 e. The van der Waals surface area contributed by atoms with Crippen molar-refractivity contribution in [1.82, 2.24) is 4.90 Å². The van der Waals surface area contributed by atoms with Crippen LogP contribution < -0.4 is 4.74 Å². The summed E-state index contributed by atoms with van der Waals surface area (Å²) in [6, 6.07) is 7.41. The van der Waals surface area contributed by atoms with Crippen LogP contribution >= 0.6 is 0 Å². The number of methoxy groups -OCH3 is 1. The maximum atomic E-state index is 12.3. The molecule has 0 saturated heterocycles. The van der Waals surface area contributed by atoms with Crippen LogP contribution in [0, 0.1) is 17.8 Å². The van der Waals surface area contributed by atoms with Crippen LogP contribution in [0.2, 0.25) is 0 Å². The molecule has 3 nitrogen and oxygen atoms in total. The van der Waals surface area contributed by atoms with Crippen molar-refractivity contribution < 1.29 is 9.53 Å². The second-order valence-corrected chi connectivity index (χ2v) is 6.78. The van der Waals surface area contributed by atoms with E-state index in [9.17, 15) is 4.79 Å². The number of fused-ring (bicyclic) bond motifs is 2. The van der Waals surface area contributed by atoms with Gasteiger partial charge in [-0.3, -0.25) is 9.69 Å². The van der Waals surface area contributed by atoms with Gasteiger partial charge in [0, 0.05) is 12.1 Å². The highest BCUT2D eigenvalue weighted by Gasteiger charge is 2.39. The predicted molar refractivity (Wildman–Crippen MR) is 83.8 cm³/mol. The highest BCUT2D eigenvalue weighted by molar-refractivity contribution is 5.97. The van der Waals surface area contributed by atoms with Gasteiger partial charge >= 0.3 is 0 Å². The van der Waals surface area contributed by atoms with Crippen LogP contribution in [-0.4, -0.2) is 37.9 Å². The number of carbonyl (C=O) groups is 1. The van der Waals surface area contributed by atoms with Gasteiger partial charge in [-0.05, 0) is 68.3 Å². The lowest BCUT2D eigenvalue weighted by atomic mass is 9.88. The van der Waals surface area contributed by atoms with E-state index in [-0.39, 0.29) is 5.78 Å². The molecule has 0 radical (unpaired) electrons. The zero-order chi connectivity index (χ0) is 14.8. The Morgan fingerprint density at radius 2 is 2.00 bits per heavy atom. The average molecular weight is 287 g/mol. The Morgan fingerprint density at radius 3 is 2.57 bits per heavy atom. The number of ether oxygens (including phenoxy) is 1. The van der Waals surface area contributed by atoms with Crippen LogP contribution in [0.4, 0.5) is 0 Å². The Balaban J connectivity index is 1.51. The van der Waals surface area contributed by atoms with Crippen molar-refractivity contribution in [1.29, 1.82) is 0 Å². The molecule has 2 aliphatic carbocycles. The van der Waals surface area contributed by atoms with Crippen molar-refractivity contribution in [2.75, 3.05) is 27.2 Å². The van der Waals surface area contributed by atoms with Crippen LogP contribution in [0.1, 0.15) is 36.0 Å². The van der Waals surface area contributed by atoms with Crippen LogP contribution in [0.15, 0.2) is 24.3 Å². The predicted octanol–water partition coefficient (Wildman–Crippen LogP) is 3.25. The molecule has 1 aromatic carbocycles. The van der Waals surface area contributed by atoms with Gasteiger partial charge in [-0.15, -0.1) is 0 Å². The first-order valence-corrected chi connectivity index (χ1v) is 8.01. The summed E-state index contributed by atoms with van der Waals surface area (Å²) in [5.41, 5.74) is 0.774. The highest BCUT2D eigenvalue weighted by atomic mass is 16.5. The molecule has 3 heteroatoms. The minimum Gasteiger partial charge on any atom is -0.497 e. The van der Waals surface area contributed by atoms with Gasteiger partial charge in [0.2, 0.25) is 0 Å². The molecule has 1 aromatic rings. The quantitative estimate of drug-likeness (QED) is 0.752. The first kappa shape index (κ1) is 14.6. The standard InChI is InChI=1S/C18H25NO2/c1-19(11-16-10-13-3-4-15(16)9-13)12-18(20)14-5-7-17(21-2)8-6-14/h5-8,13,15-16H,3-4,9-12H2,1-2H3. The summed E-state index contributed by atoms with van der Waals surface area (Å²) in [5, 5.41) is 0. The summed E-state index contributed by atoms with van der Waals surface area (Å²) >= 11 is 0. The molecule has 2 saturated carbocycles. The molecule has 0 aromatic heterocycles. The molecule has 21 heavy (non-hydrogen) atoms. The largest absolute Gasteiger partial charge is 0.497 e. The van der Waals surface area contributed by atoms with Gasteiger partial charge in [0.25, 0.3) is 0 Å². The lowest BCUT2D eigenvalue weighted by molar-refractivity contribution is 0.0929. The fraction of sp³-hybridized carbons (Fsp3) is 0.611. The number of nitrogens with zero attached hydrogens (tertiary/aromatic N) is 1. The number of benzene rings is 1. The second kappa shape index (κ2) is 6.18. The van der Waals surface area contributed by atoms with Crippen LogP contribution in [0.5, 0.6) is 5.75 Å². The summed E-state index contributed by atoms with van der Waals surface area (Å²) < 4.78 is 5.13. The number of carbonyl (C=O) groups excluding carboxylic acids is 1.